The average Bonchev–Trinajstić information content (AvgIpc) is 4.00. The van der Waals surface area contributed by atoms with Crippen LogP contribution in [0.2, 0.25) is 0 Å². The van der Waals surface area contributed by atoms with E-state index in [1.807, 2.05) is 72.8 Å². The Kier molecular flexibility index (Phi) is 11.6. The zero-order valence-corrected chi connectivity index (χ0v) is 32.0. The molecule has 0 aliphatic heterocycles. The number of carbonyl (C=O) groups excluding carboxylic acids is 1. The summed E-state index contributed by atoms with van der Waals surface area (Å²) < 4.78 is 22.3. The highest BCUT2D eigenvalue weighted by atomic mass is 32.1. The van der Waals surface area contributed by atoms with Crippen LogP contribution < -0.4 is 21.3 Å². The first-order chi connectivity index (χ1) is 28.5. The fourth-order valence-electron chi connectivity index (χ4n) is 6.03. The minimum absolute atomic E-state index is 0.324. The summed E-state index contributed by atoms with van der Waals surface area (Å²) >= 11 is 5.58. The van der Waals surface area contributed by atoms with Crippen molar-refractivity contribution in [1.82, 2.24) is 40.5 Å². The fourth-order valence-corrected chi connectivity index (χ4v) is 6.25. The highest BCUT2D eigenvalue weighted by molar-refractivity contribution is 7.80. The number of pyridine rings is 2. The Bertz CT molecular complexity index is 2680. The van der Waals surface area contributed by atoms with Crippen molar-refractivity contribution in [3.8, 4) is 45.7 Å². The Balaban J connectivity index is 0.907. The lowest BCUT2D eigenvalue weighted by molar-refractivity contribution is 0.125. The molecule has 8 rings (SSSR count). The van der Waals surface area contributed by atoms with Crippen LogP contribution in [0.25, 0.3) is 67.8 Å². The number of ether oxygens (including phenoxy) is 2. The van der Waals surface area contributed by atoms with Crippen LogP contribution in [-0.2, 0) is 16.1 Å². The van der Waals surface area contributed by atoms with Crippen LogP contribution in [0.15, 0.2) is 125 Å². The normalized spacial score (nSPS) is 11.1. The molecule has 58 heavy (non-hydrogen) atoms. The van der Waals surface area contributed by atoms with Crippen LogP contribution in [0.5, 0.6) is 0 Å². The van der Waals surface area contributed by atoms with Crippen LogP contribution in [0.4, 0.5) is 16.2 Å². The summed E-state index contributed by atoms with van der Waals surface area (Å²) in [5.74, 6) is 1.18. The molecule has 0 bridgehead atoms. The molecular formula is C42H36N10O5S. The summed E-state index contributed by atoms with van der Waals surface area (Å²) in [6.45, 7) is 1.96. The third-order valence-electron chi connectivity index (χ3n) is 8.72. The molecule has 2 aromatic carbocycles. The zero-order chi connectivity index (χ0) is 39.7. The van der Waals surface area contributed by atoms with Crippen molar-refractivity contribution in [2.24, 2.45) is 0 Å². The molecule has 0 spiro atoms. The minimum Gasteiger partial charge on any atom is -0.463 e. The van der Waals surface area contributed by atoms with E-state index in [1.165, 1.54) is 0 Å². The van der Waals surface area contributed by atoms with E-state index in [0.717, 1.165) is 11.3 Å². The van der Waals surface area contributed by atoms with Gasteiger partial charge in [0.25, 0.3) is 0 Å². The summed E-state index contributed by atoms with van der Waals surface area (Å²) in [6, 6.07) is 27.4. The molecule has 4 N–H and O–H groups in total. The minimum atomic E-state index is -0.348. The number of rotatable bonds is 14. The molecule has 2 amide bonds. The van der Waals surface area contributed by atoms with Crippen LogP contribution >= 0.6 is 12.2 Å². The summed E-state index contributed by atoms with van der Waals surface area (Å²) in [5.41, 5.74) is 8.34. The van der Waals surface area contributed by atoms with Gasteiger partial charge in [-0.15, -0.1) is 0 Å². The van der Waals surface area contributed by atoms with E-state index in [4.69, 9.17) is 50.5 Å². The van der Waals surface area contributed by atoms with Crippen molar-refractivity contribution >= 4 is 56.8 Å². The van der Waals surface area contributed by atoms with E-state index in [1.54, 1.807) is 50.2 Å². The highest BCUT2D eigenvalue weighted by Gasteiger charge is 2.19. The molecule has 0 saturated heterocycles. The van der Waals surface area contributed by atoms with Crippen LogP contribution in [0, 0.1) is 0 Å². The Hall–Kier alpha value is -7.14. The van der Waals surface area contributed by atoms with Gasteiger partial charge in [0.1, 0.15) is 22.8 Å². The van der Waals surface area contributed by atoms with E-state index in [2.05, 4.69) is 31.2 Å². The Labute approximate surface area is 337 Å². The molecule has 15 nitrogen and oxygen atoms in total. The Morgan fingerprint density at radius 2 is 1.28 bits per heavy atom. The molecule has 0 aliphatic rings. The first-order valence-electron chi connectivity index (χ1n) is 18.3. The maximum Gasteiger partial charge on any atom is 0.319 e. The Morgan fingerprint density at radius 1 is 0.638 bits per heavy atom. The third-order valence-corrected chi connectivity index (χ3v) is 8.97. The number of anilines is 2. The van der Waals surface area contributed by atoms with Crippen molar-refractivity contribution < 1.29 is 23.1 Å². The van der Waals surface area contributed by atoms with Gasteiger partial charge in [0, 0.05) is 44.0 Å². The number of carbonyl (C=O) groups is 1. The fraction of sp³-hybridized carbons (Fsp3) is 0.143. The second kappa shape index (κ2) is 17.8. The van der Waals surface area contributed by atoms with Gasteiger partial charge >= 0.3 is 6.03 Å². The van der Waals surface area contributed by atoms with E-state index >= 15 is 0 Å². The SMILES string of the molecule is COCCNC(=O)Nc1ccc2nc(-c3ccccn3)c(-c3cc(COCCNC(=S)Nc4ccc5nc(-c6ccco6)c(-c6ccco6)nc5c4)ccn3)nc2c1. The largest absolute Gasteiger partial charge is 0.463 e. The lowest BCUT2D eigenvalue weighted by atomic mass is 10.1. The molecule has 6 heterocycles. The summed E-state index contributed by atoms with van der Waals surface area (Å²) in [4.78, 5) is 41.1. The maximum atomic E-state index is 12.4. The number of hydrogen-bond acceptors (Lipinski definition) is 12. The first-order valence-corrected chi connectivity index (χ1v) is 18.7. The third kappa shape index (κ3) is 8.94. The molecule has 0 unspecified atom stereocenters. The van der Waals surface area contributed by atoms with Gasteiger partial charge < -0.3 is 39.6 Å². The number of thiocarbonyl (C=S) groups is 1. The summed E-state index contributed by atoms with van der Waals surface area (Å²) in [5, 5.41) is 12.4. The van der Waals surface area contributed by atoms with Crippen molar-refractivity contribution in [1.29, 1.82) is 0 Å². The van der Waals surface area contributed by atoms with Crippen molar-refractivity contribution in [3.63, 3.8) is 0 Å². The molecule has 0 radical (unpaired) electrons. The summed E-state index contributed by atoms with van der Waals surface area (Å²) in [6.07, 6.45) is 6.62. The van der Waals surface area contributed by atoms with Crippen LogP contribution in [0.3, 0.4) is 0 Å². The van der Waals surface area contributed by atoms with Gasteiger partial charge in [-0.25, -0.2) is 24.7 Å². The smallest absolute Gasteiger partial charge is 0.319 e. The second-order valence-electron chi connectivity index (χ2n) is 12.8. The number of methoxy groups -OCH3 is 1. The summed E-state index contributed by atoms with van der Waals surface area (Å²) in [7, 11) is 1.58. The van der Waals surface area contributed by atoms with E-state index in [0.29, 0.717) is 111 Å². The van der Waals surface area contributed by atoms with Gasteiger partial charge in [-0.05, 0) is 103 Å². The molecule has 0 saturated carbocycles. The maximum absolute atomic E-state index is 12.4. The molecule has 6 aromatic heterocycles. The highest BCUT2D eigenvalue weighted by Crippen LogP contribution is 2.33. The van der Waals surface area contributed by atoms with Crippen molar-refractivity contribution in [2.45, 2.75) is 6.61 Å². The molecule has 290 valence electrons. The van der Waals surface area contributed by atoms with E-state index < -0.39 is 0 Å². The number of fused-ring (bicyclic) bond motifs is 2. The van der Waals surface area contributed by atoms with Gasteiger partial charge in [0.15, 0.2) is 16.6 Å². The number of furan rings is 2. The van der Waals surface area contributed by atoms with Gasteiger partial charge in [-0.3, -0.25) is 9.97 Å². The molecule has 16 heteroatoms. The van der Waals surface area contributed by atoms with Gasteiger partial charge in [-0.1, -0.05) is 6.07 Å². The molecule has 8 aromatic rings. The van der Waals surface area contributed by atoms with Gasteiger partial charge in [0.2, 0.25) is 0 Å². The zero-order valence-electron chi connectivity index (χ0n) is 31.1. The number of hydrogen-bond donors (Lipinski definition) is 4. The van der Waals surface area contributed by atoms with Gasteiger partial charge in [0.05, 0.1) is 65.8 Å². The number of aromatic nitrogens is 6. The molecule has 0 atom stereocenters. The van der Waals surface area contributed by atoms with E-state index in [9.17, 15) is 4.79 Å². The van der Waals surface area contributed by atoms with Gasteiger partial charge in [-0.2, -0.15) is 0 Å². The molecule has 0 aliphatic carbocycles. The van der Waals surface area contributed by atoms with Crippen molar-refractivity contribution in [2.75, 3.05) is 44.0 Å². The lowest BCUT2D eigenvalue weighted by Crippen LogP contribution is -2.31. The monoisotopic (exact) mass is 792 g/mol. The number of amides is 2. The molecular weight excluding hydrogens is 757 g/mol. The number of nitrogens with one attached hydrogen (secondary N) is 4. The Morgan fingerprint density at radius 3 is 1.95 bits per heavy atom. The topological polar surface area (TPSA) is 187 Å². The second-order valence-corrected chi connectivity index (χ2v) is 13.2. The average molecular weight is 793 g/mol. The molecule has 0 fully saturated rings. The van der Waals surface area contributed by atoms with Crippen LogP contribution in [0.1, 0.15) is 5.56 Å². The van der Waals surface area contributed by atoms with Crippen LogP contribution in [-0.4, -0.2) is 74.5 Å². The first kappa shape index (κ1) is 37.8. The predicted molar refractivity (Wildman–Crippen MR) is 224 cm³/mol. The number of nitrogens with zero attached hydrogens (tertiary/aromatic N) is 6. The lowest BCUT2D eigenvalue weighted by Gasteiger charge is -2.13. The predicted octanol–water partition coefficient (Wildman–Crippen LogP) is 7.49. The van der Waals surface area contributed by atoms with E-state index in [-0.39, 0.29) is 6.03 Å². The standard InChI is InChI=1S/C42H36N10O5S/c1-54-20-16-45-41(53)47-27-9-11-29-32(23-27)51-38(37(49-29)31-6-2-3-14-43-31)34-22-26(13-15-44-34)25-55-21-17-46-42(58)48-28-10-12-30-33(24-28)52-40(36-8-5-19-57-36)39(50-30)35-7-4-18-56-35/h2-15,18-19,22-24H,16-17,20-21,25H2,1H3,(H2,45,47,53)(H2,46,48,58). The van der Waals surface area contributed by atoms with Crippen molar-refractivity contribution in [3.05, 3.63) is 121 Å². The quantitative estimate of drug-likeness (QED) is 0.0627. The number of urea groups is 1. The number of benzene rings is 2.